The Kier molecular flexibility index (Phi) is 4.08. The van der Waals surface area contributed by atoms with Crippen LogP contribution in [-0.2, 0) is 6.54 Å². The minimum atomic E-state index is -0.661. The van der Waals surface area contributed by atoms with E-state index in [1.807, 2.05) is 19.0 Å². The van der Waals surface area contributed by atoms with Gasteiger partial charge >= 0.3 is 0 Å². The molecule has 1 aromatic carbocycles. The third-order valence-electron chi connectivity index (χ3n) is 2.20. The van der Waals surface area contributed by atoms with Crippen LogP contribution in [0.3, 0.4) is 0 Å². The molecule has 0 radical (unpaired) electrons. The largest absolute Gasteiger partial charge is 0.508 e. The van der Waals surface area contributed by atoms with Crippen LogP contribution in [0.5, 0.6) is 5.75 Å². The minimum Gasteiger partial charge on any atom is -0.508 e. The summed E-state index contributed by atoms with van der Waals surface area (Å²) >= 11 is 0. The first-order valence-electron chi connectivity index (χ1n) is 4.89. The Labute approximate surface area is 89.9 Å². The summed E-state index contributed by atoms with van der Waals surface area (Å²) in [5.74, 6) is 0.247. The number of aromatic hydroxyl groups is 1. The summed E-state index contributed by atoms with van der Waals surface area (Å²) in [5, 5.41) is 19.2. The van der Waals surface area contributed by atoms with Crippen molar-refractivity contribution in [2.75, 3.05) is 20.6 Å². The third kappa shape index (κ3) is 3.20. The van der Waals surface area contributed by atoms with E-state index in [1.54, 1.807) is 18.2 Å². The standard InChI is InChI=1S/C11H18N2O2/c1-13(2)7-9-5-8(11(15)6-12)3-4-10(9)14/h3-5,11,14-15H,6-7,12H2,1-2H3/t11-/m1/s1. The molecule has 0 fully saturated rings. The molecule has 1 aromatic rings. The highest BCUT2D eigenvalue weighted by atomic mass is 16.3. The van der Waals surface area contributed by atoms with Crippen molar-refractivity contribution in [3.05, 3.63) is 29.3 Å². The Morgan fingerprint density at radius 1 is 1.40 bits per heavy atom. The molecule has 0 spiro atoms. The van der Waals surface area contributed by atoms with Gasteiger partial charge in [-0.2, -0.15) is 0 Å². The molecule has 84 valence electrons. The predicted molar refractivity (Wildman–Crippen MR) is 59.5 cm³/mol. The van der Waals surface area contributed by atoms with E-state index in [2.05, 4.69) is 0 Å². The van der Waals surface area contributed by atoms with Gasteiger partial charge in [-0.25, -0.2) is 0 Å². The second-order valence-corrected chi connectivity index (χ2v) is 3.88. The molecule has 15 heavy (non-hydrogen) atoms. The van der Waals surface area contributed by atoms with Gasteiger partial charge in [-0.05, 0) is 31.8 Å². The number of phenolic OH excluding ortho intramolecular Hbond substituents is 1. The van der Waals surface area contributed by atoms with Crippen LogP contribution in [0, 0.1) is 0 Å². The van der Waals surface area contributed by atoms with E-state index < -0.39 is 6.10 Å². The number of benzene rings is 1. The van der Waals surface area contributed by atoms with Gasteiger partial charge in [0.05, 0.1) is 6.10 Å². The van der Waals surface area contributed by atoms with Crippen molar-refractivity contribution >= 4 is 0 Å². The first kappa shape index (κ1) is 12.0. The number of nitrogens with zero attached hydrogens (tertiary/aromatic N) is 1. The molecular weight excluding hydrogens is 192 g/mol. The molecule has 4 N–H and O–H groups in total. The summed E-state index contributed by atoms with van der Waals surface area (Å²) in [7, 11) is 3.84. The highest BCUT2D eigenvalue weighted by molar-refractivity contribution is 5.37. The summed E-state index contributed by atoms with van der Waals surface area (Å²) in [6.07, 6.45) is -0.661. The average Bonchev–Trinajstić information content (AvgIpc) is 2.19. The lowest BCUT2D eigenvalue weighted by Crippen LogP contribution is -2.14. The van der Waals surface area contributed by atoms with Crippen molar-refractivity contribution in [3.8, 4) is 5.75 Å². The van der Waals surface area contributed by atoms with Gasteiger partial charge in [-0.3, -0.25) is 0 Å². The maximum Gasteiger partial charge on any atom is 0.120 e. The van der Waals surface area contributed by atoms with Crippen LogP contribution < -0.4 is 5.73 Å². The van der Waals surface area contributed by atoms with Crippen molar-refractivity contribution < 1.29 is 10.2 Å². The van der Waals surface area contributed by atoms with Crippen molar-refractivity contribution in [3.63, 3.8) is 0 Å². The normalized spacial score (nSPS) is 13.1. The lowest BCUT2D eigenvalue weighted by molar-refractivity contribution is 0.186. The van der Waals surface area contributed by atoms with Gasteiger partial charge in [0.2, 0.25) is 0 Å². The Morgan fingerprint density at radius 2 is 2.07 bits per heavy atom. The van der Waals surface area contributed by atoms with Crippen LogP contribution in [-0.4, -0.2) is 35.8 Å². The van der Waals surface area contributed by atoms with Crippen LogP contribution >= 0.6 is 0 Å². The Morgan fingerprint density at radius 3 is 2.60 bits per heavy atom. The fourth-order valence-electron chi connectivity index (χ4n) is 1.42. The predicted octanol–water partition coefficient (Wildman–Crippen LogP) is 0.446. The van der Waals surface area contributed by atoms with Crippen molar-refractivity contribution in [1.82, 2.24) is 4.90 Å². The summed E-state index contributed by atoms with van der Waals surface area (Å²) in [6, 6.07) is 5.06. The molecule has 0 aliphatic rings. The number of aliphatic hydroxyl groups is 1. The molecule has 4 nitrogen and oxygen atoms in total. The molecule has 0 bridgehead atoms. The molecule has 1 rings (SSSR count). The van der Waals surface area contributed by atoms with E-state index in [9.17, 15) is 10.2 Å². The number of nitrogens with two attached hydrogens (primary N) is 1. The second kappa shape index (κ2) is 5.11. The van der Waals surface area contributed by atoms with Gasteiger partial charge in [0.15, 0.2) is 0 Å². The smallest absolute Gasteiger partial charge is 0.120 e. The molecule has 0 unspecified atom stereocenters. The van der Waals surface area contributed by atoms with E-state index in [0.29, 0.717) is 6.54 Å². The zero-order valence-electron chi connectivity index (χ0n) is 9.14. The van der Waals surface area contributed by atoms with Crippen LogP contribution in [0.15, 0.2) is 18.2 Å². The molecular formula is C11H18N2O2. The van der Waals surface area contributed by atoms with Gasteiger partial charge in [-0.15, -0.1) is 0 Å². The van der Waals surface area contributed by atoms with Gasteiger partial charge < -0.3 is 20.8 Å². The number of rotatable bonds is 4. The lowest BCUT2D eigenvalue weighted by Gasteiger charge is -2.14. The van der Waals surface area contributed by atoms with Crippen LogP contribution in [0.2, 0.25) is 0 Å². The molecule has 0 saturated carbocycles. The fraction of sp³-hybridized carbons (Fsp3) is 0.455. The maximum atomic E-state index is 9.60. The molecule has 0 aromatic heterocycles. The highest BCUT2D eigenvalue weighted by Gasteiger charge is 2.09. The Balaban J connectivity index is 2.94. The van der Waals surface area contributed by atoms with Gasteiger partial charge in [0.1, 0.15) is 5.75 Å². The van der Waals surface area contributed by atoms with Crippen LogP contribution in [0.4, 0.5) is 0 Å². The average molecular weight is 210 g/mol. The summed E-state index contributed by atoms with van der Waals surface area (Å²) < 4.78 is 0. The maximum absolute atomic E-state index is 9.60. The van der Waals surface area contributed by atoms with Crippen LogP contribution in [0.25, 0.3) is 0 Å². The molecule has 0 heterocycles. The molecule has 0 amide bonds. The summed E-state index contributed by atoms with van der Waals surface area (Å²) in [5.41, 5.74) is 6.91. The zero-order chi connectivity index (χ0) is 11.4. The SMILES string of the molecule is CN(C)Cc1cc([C@H](O)CN)ccc1O. The highest BCUT2D eigenvalue weighted by Crippen LogP contribution is 2.22. The van der Waals surface area contributed by atoms with Gasteiger partial charge in [-0.1, -0.05) is 6.07 Å². The molecule has 0 aliphatic carbocycles. The van der Waals surface area contributed by atoms with E-state index >= 15 is 0 Å². The Hall–Kier alpha value is -1.10. The summed E-state index contributed by atoms with van der Waals surface area (Å²) in [4.78, 5) is 1.95. The summed E-state index contributed by atoms with van der Waals surface area (Å²) in [6.45, 7) is 0.823. The number of aliphatic hydroxyl groups excluding tert-OH is 1. The van der Waals surface area contributed by atoms with Crippen molar-refractivity contribution in [2.24, 2.45) is 5.73 Å². The van der Waals surface area contributed by atoms with E-state index in [1.165, 1.54) is 0 Å². The fourth-order valence-corrected chi connectivity index (χ4v) is 1.42. The first-order valence-corrected chi connectivity index (χ1v) is 4.89. The Bertz CT molecular complexity index is 326. The molecule has 1 atom stereocenters. The topological polar surface area (TPSA) is 69.7 Å². The lowest BCUT2D eigenvalue weighted by atomic mass is 10.0. The second-order valence-electron chi connectivity index (χ2n) is 3.88. The van der Waals surface area contributed by atoms with Crippen molar-refractivity contribution in [2.45, 2.75) is 12.6 Å². The minimum absolute atomic E-state index is 0.187. The zero-order valence-corrected chi connectivity index (χ0v) is 9.14. The molecule has 0 saturated heterocycles. The number of hydrogen-bond acceptors (Lipinski definition) is 4. The van der Waals surface area contributed by atoms with Gasteiger partial charge in [0.25, 0.3) is 0 Å². The van der Waals surface area contributed by atoms with E-state index in [4.69, 9.17) is 5.73 Å². The van der Waals surface area contributed by atoms with Crippen LogP contribution in [0.1, 0.15) is 17.2 Å². The monoisotopic (exact) mass is 210 g/mol. The quantitative estimate of drug-likeness (QED) is 0.674. The first-order chi connectivity index (χ1) is 7.04. The van der Waals surface area contributed by atoms with Gasteiger partial charge in [0, 0.05) is 18.7 Å². The molecule has 0 aliphatic heterocycles. The third-order valence-corrected chi connectivity index (χ3v) is 2.20. The van der Waals surface area contributed by atoms with E-state index in [-0.39, 0.29) is 12.3 Å². The number of hydrogen-bond donors (Lipinski definition) is 3. The number of phenols is 1. The molecule has 4 heteroatoms. The van der Waals surface area contributed by atoms with E-state index in [0.717, 1.165) is 11.1 Å². The van der Waals surface area contributed by atoms with Crippen molar-refractivity contribution in [1.29, 1.82) is 0 Å².